The molecule has 0 spiro atoms. The highest BCUT2D eigenvalue weighted by Gasteiger charge is 2.38. The summed E-state index contributed by atoms with van der Waals surface area (Å²) in [5.74, 6) is -1.09. The number of nitrogens with one attached hydrogen (secondary N) is 4. The van der Waals surface area contributed by atoms with Crippen LogP contribution in [0.5, 0.6) is 11.5 Å². The van der Waals surface area contributed by atoms with Crippen LogP contribution in [0, 0.1) is 0 Å². The van der Waals surface area contributed by atoms with E-state index < -0.39 is 41.9 Å². The Morgan fingerprint density at radius 2 is 1.64 bits per heavy atom. The van der Waals surface area contributed by atoms with Crippen LogP contribution < -0.4 is 31.2 Å². The second-order valence-electron chi connectivity index (χ2n) is 10.6. The standard InChI is InChI=1S/C33H37N5O7/c1-33(31(41)36-19-28(34)39,17-21-10-5-4-6-11-21)38-30(40)26(16-23-18-35-25-14-8-7-13-24(23)25)37-32(42)45-20-22-12-9-15-27(43-2)29(22)44-3/h4-15,18,26,35H,16-17,19-20H2,1-3H3,(H2,34,39)(H,36,41)(H,37,42)(H,38,40)/t26-,33-/m0/s1. The summed E-state index contributed by atoms with van der Waals surface area (Å²) >= 11 is 0. The zero-order valence-electron chi connectivity index (χ0n) is 25.3. The number of methoxy groups -OCH3 is 2. The molecule has 1 aromatic heterocycles. The molecule has 236 valence electrons. The average Bonchev–Trinajstić information content (AvgIpc) is 3.44. The molecular weight excluding hydrogens is 578 g/mol. The number of amides is 4. The number of carbonyl (C=O) groups is 4. The van der Waals surface area contributed by atoms with Crippen LogP contribution in [0.1, 0.15) is 23.6 Å². The van der Waals surface area contributed by atoms with Crippen LogP contribution in [0.2, 0.25) is 0 Å². The van der Waals surface area contributed by atoms with Gasteiger partial charge in [0.25, 0.3) is 0 Å². The Kier molecular flexibility index (Phi) is 10.6. The van der Waals surface area contributed by atoms with Gasteiger partial charge in [-0.15, -0.1) is 0 Å². The maximum atomic E-state index is 13.9. The van der Waals surface area contributed by atoms with Crippen molar-refractivity contribution in [1.82, 2.24) is 20.9 Å². The number of alkyl carbamates (subject to hydrolysis) is 1. The summed E-state index contributed by atoms with van der Waals surface area (Å²) in [7, 11) is 2.98. The van der Waals surface area contributed by atoms with E-state index in [0.717, 1.165) is 22.0 Å². The number of ether oxygens (including phenoxy) is 3. The number of rotatable bonds is 14. The van der Waals surface area contributed by atoms with Gasteiger partial charge in [0.15, 0.2) is 11.5 Å². The Bertz CT molecular complexity index is 1660. The van der Waals surface area contributed by atoms with Crippen molar-refractivity contribution >= 4 is 34.7 Å². The minimum absolute atomic E-state index is 0.0811. The lowest BCUT2D eigenvalue weighted by molar-refractivity contribution is -0.134. The fourth-order valence-corrected chi connectivity index (χ4v) is 5.03. The molecule has 0 fully saturated rings. The van der Waals surface area contributed by atoms with Crippen LogP contribution in [0.3, 0.4) is 0 Å². The number of aromatic nitrogens is 1. The molecular formula is C33H37N5O7. The van der Waals surface area contributed by atoms with Crippen LogP contribution in [-0.2, 0) is 38.6 Å². The molecule has 12 nitrogen and oxygen atoms in total. The molecule has 0 aliphatic rings. The van der Waals surface area contributed by atoms with E-state index in [1.807, 2.05) is 54.6 Å². The molecule has 0 aliphatic heterocycles. The first-order chi connectivity index (χ1) is 21.6. The van der Waals surface area contributed by atoms with Crippen LogP contribution in [0.25, 0.3) is 10.9 Å². The van der Waals surface area contributed by atoms with Gasteiger partial charge in [-0.1, -0.05) is 60.7 Å². The number of para-hydroxylation sites is 2. The summed E-state index contributed by atoms with van der Waals surface area (Å²) in [4.78, 5) is 55.0. The molecule has 6 N–H and O–H groups in total. The van der Waals surface area contributed by atoms with Gasteiger partial charge < -0.3 is 40.9 Å². The highest BCUT2D eigenvalue weighted by atomic mass is 16.6. The number of H-pyrrole nitrogens is 1. The number of benzene rings is 3. The van der Waals surface area contributed by atoms with Gasteiger partial charge in [0.1, 0.15) is 18.2 Å². The second kappa shape index (κ2) is 14.8. The van der Waals surface area contributed by atoms with E-state index in [1.54, 1.807) is 31.3 Å². The van der Waals surface area contributed by atoms with Crippen molar-refractivity contribution in [2.45, 2.75) is 38.0 Å². The van der Waals surface area contributed by atoms with Gasteiger partial charge >= 0.3 is 6.09 Å². The fraction of sp³-hybridized carbons (Fsp3) is 0.273. The van der Waals surface area contributed by atoms with Crippen molar-refractivity contribution in [2.24, 2.45) is 5.73 Å². The number of nitrogens with two attached hydrogens (primary N) is 1. The molecule has 3 aromatic carbocycles. The van der Waals surface area contributed by atoms with Crippen molar-refractivity contribution in [2.75, 3.05) is 20.8 Å². The summed E-state index contributed by atoms with van der Waals surface area (Å²) in [5.41, 5.74) is 6.69. The third-order valence-electron chi connectivity index (χ3n) is 7.27. The molecule has 0 saturated carbocycles. The van der Waals surface area contributed by atoms with Crippen LogP contribution in [0.4, 0.5) is 4.79 Å². The van der Waals surface area contributed by atoms with Gasteiger partial charge in [-0.3, -0.25) is 14.4 Å². The molecule has 4 aromatic rings. The minimum Gasteiger partial charge on any atom is -0.493 e. The summed E-state index contributed by atoms with van der Waals surface area (Å²) in [6.45, 7) is 0.982. The molecule has 1 heterocycles. The van der Waals surface area contributed by atoms with Gasteiger partial charge in [0.2, 0.25) is 17.7 Å². The number of fused-ring (bicyclic) bond motifs is 1. The molecule has 4 amide bonds. The van der Waals surface area contributed by atoms with Crippen molar-refractivity contribution in [3.63, 3.8) is 0 Å². The topological polar surface area (TPSA) is 174 Å². The molecule has 12 heteroatoms. The second-order valence-corrected chi connectivity index (χ2v) is 10.6. The third kappa shape index (κ3) is 8.31. The fourth-order valence-electron chi connectivity index (χ4n) is 5.03. The van der Waals surface area contributed by atoms with Gasteiger partial charge in [0, 0.05) is 35.5 Å². The van der Waals surface area contributed by atoms with Crippen molar-refractivity contribution < 1.29 is 33.4 Å². The molecule has 0 unspecified atom stereocenters. The van der Waals surface area contributed by atoms with E-state index in [-0.39, 0.29) is 19.4 Å². The molecule has 0 radical (unpaired) electrons. The first kappa shape index (κ1) is 32.4. The smallest absolute Gasteiger partial charge is 0.408 e. The first-order valence-corrected chi connectivity index (χ1v) is 14.2. The lowest BCUT2D eigenvalue weighted by atomic mass is 9.90. The van der Waals surface area contributed by atoms with Crippen LogP contribution in [-0.4, -0.2) is 61.1 Å². The quantitative estimate of drug-likeness (QED) is 0.145. The van der Waals surface area contributed by atoms with Crippen molar-refractivity contribution in [1.29, 1.82) is 0 Å². The molecule has 0 saturated heterocycles. The molecule has 0 aliphatic carbocycles. The minimum atomic E-state index is -1.51. The highest BCUT2D eigenvalue weighted by Crippen LogP contribution is 2.31. The molecule has 4 rings (SSSR count). The predicted molar refractivity (Wildman–Crippen MR) is 168 cm³/mol. The number of hydrogen-bond donors (Lipinski definition) is 5. The zero-order chi connectivity index (χ0) is 32.4. The van der Waals surface area contributed by atoms with E-state index in [2.05, 4.69) is 20.9 Å². The number of primary amides is 1. The Labute approximate surface area is 260 Å². The lowest BCUT2D eigenvalue weighted by Crippen LogP contribution is -2.62. The van der Waals surface area contributed by atoms with Crippen LogP contribution in [0.15, 0.2) is 79.0 Å². The van der Waals surface area contributed by atoms with Gasteiger partial charge in [0.05, 0.1) is 20.8 Å². The maximum absolute atomic E-state index is 13.9. The number of aromatic amines is 1. The summed E-state index contributed by atoms with van der Waals surface area (Å²) in [5, 5.41) is 8.85. The molecule has 2 atom stereocenters. The first-order valence-electron chi connectivity index (χ1n) is 14.2. The molecule has 0 bridgehead atoms. The van der Waals surface area contributed by atoms with E-state index in [9.17, 15) is 19.2 Å². The maximum Gasteiger partial charge on any atom is 0.408 e. The SMILES string of the molecule is COc1cccc(COC(=O)N[C@@H](Cc2c[nH]c3ccccc23)C(=O)N[C@@](C)(Cc2ccccc2)C(=O)NCC(N)=O)c1OC. The third-order valence-corrected chi connectivity index (χ3v) is 7.27. The summed E-state index contributed by atoms with van der Waals surface area (Å²) in [6.07, 6.45) is 1.09. The Morgan fingerprint density at radius 3 is 2.36 bits per heavy atom. The van der Waals surface area contributed by atoms with E-state index in [0.29, 0.717) is 17.1 Å². The Morgan fingerprint density at radius 1 is 0.911 bits per heavy atom. The lowest BCUT2D eigenvalue weighted by Gasteiger charge is -2.31. The van der Waals surface area contributed by atoms with Crippen LogP contribution >= 0.6 is 0 Å². The average molecular weight is 616 g/mol. The Balaban J connectivity index is 1.59. The van der Waals surface area contributed by atoms with Gasteiger partial charge in [-0.05, 0) is 30.2 Å². The summed E-state index contributed by atoms with van der Waals surface area (Å²) < 4.78 is 16.2. The molecule has 45 heavy (non-hydrogen) atoms. The van der Waals surface area contributed by atoms with Gasteiger partial charge in [-0.2, -0.15) is 0 Å². The van der Waals surface area contributed by atoms with E-state index >= 15 is 0 Å². The van der Waals surface area contributed by atoms with Gasteiger partial charge in [-0.25, -0.2) is 4.79 Å². The zero-order valence-corrected chi connectivity index (χ0v) is 25.3. The number of carbonyl (C=O) groups excluding carboxylic acids is 4. The van der Waals surface area contributed by atoms with Crippen molar-refractivity contribution in [3.8, 4) is 11.5 Å². The normalized spacial score (nSPS) is 12.8. The monoisotopic (exact) mass is 615 g/mol. The number of hydrogen-bond acceptors (Lipinski definition) is 7. The highest BCUT2D eigenvalue weighted by molar-refractivity contribution is 5.96. The Hall–Kier alpha value is -5.52. The van der Waals surface area contributed by atoms with E-state index in [4.69, 9.17) is 19.9 Å². The largest absolute Gasteiger partial charge is 0.493 e. The summed E-state index contributed by atoms with van der Waals surface area (Å²) in [6, 6.07) is 20.7. The predicted octanol–water partition coefficient (Wildman–Crippen LogP) is 2.74. The van der Waals surface area contributed by atoms with E-state index in [1.165, 1.54) is 14.2 Å². The van der Waals surface area contributed by atoms with Crippen molar-refractivity contribution in [3.05, 3.63) is 95.7 Å².